The quantitative estimate of drug-likeness (QED) is 0.825. The molecule has 3 heteroatoms. The SMILES string of the molecule is CN(Cc1ccoc1)C[C@H]1Cc2ccccc2O1. The van der Waals surface area contributed by atoms with Crippen LogP contribution in [-0.4, -0.2) is 24.6 Å². The number of hydrogen-bond acceptors (Lipinski definition) is 3. The minimum atomic E-state index is 0.263. The van der Waals surface area contributed by atoms with Crippen molar-refractivity contribution in [3.8, 4) is 5.75 Å². The minimum Gasteiger partial charge on any atom is -0.488 e. The van der Waals surface area contributed by atoms with Crippen molar-refractivity contribution in [1.29, 1.82) is 0 Å². The van der Waals surface area contributed by atoms with Crippen molar-refractivity contribution in [2.75, 3.05) is 13.6 Å². The highest BCUT2D eigenvalue weighted by Crippen LogP contribution is 2.28. The Bertz CT molecular complexity index is 482. The van der Waals surface area contributed by atoms with Gasteiger partial charge >= 0.3 is 0 Å². The molecule has 0 fully saturated rings. The van der Waals surface area contributed by atoms with Crippen molar-refractivity contribution in [2.24, 2.45) is 0 Å². The Morgan fingerprint density at radius 2 is 2.17 bits per heavy atom. The molecule has 1 atom stereocenters. The molecular weight excluding hydrogens is 226 g/mol. The number of para-hydroxylation sites is 1. The van der Waals surface area contributed by atoms with Crippen LogP contribution in [0.3, 0.4) is 0 Å². The van der Waals surface area contributed by atoms with Crippen molar-refractivity contribution in [1.82, 2.24) is 4.90 Å². The van der Waals surface area contributed by atoms with E-state index in [0.717, 1.165) is 25.3 Å². The van der Waals surface area contributed by atoms with E-state index in [-0.39, 0.29) is 6.10 Å². The van der Waals surface area contributed by atoms with Crippen molar-refractivity contribution in [3.63, 3.8) is 0 Å². The number of ether oxygens (including phenoxy) is 1. The molecule has 2 aromatic rings. The van der Waals surface area contributed by atoms with Crippen LogP contribution in [0.4, 0.5) is 0 Å². The molecule has 0 aliphatic carbocycles. The van der Waals surface area contributed by atoms with Crippen LogP contribution in [0.25, 0.3) is 0 Å². The molecule has 94 valence electrons. The summed E-state index contributed by atoms with van der Waals surface area (Å²) in [6, 6.07) is 10.3. The fraction of sp³-hybridized carbons (Fsp3) is 0.333. The molecule has 3 rings (SSSR count). The summed E-state index contributed by atoms with van der Waals surface area (Å²) in [5.41, 5.74) is 2.52. The number of nitrogens with zero attached hydrogens (tertiary/aromatic N) is 1. The van der Waals surface area contributed by atoms with E-state index in [1.165, 1.54) is 11.1 Å². The molecule has 2 heterocycles. The number of benzene rings is 1. The van der Waals surface area contributed by atoms with Gasteiger partial charge in [-0.05, 0) is 24.7 Å². The first kappa shape index (κ1) is 11.4. The molecule has 0 radical (unpaired) electrons. The Morgan fingerprint density at radius 1 is 1.28 bits per heavy atom. The smallest absolute Gasteiger partial charge is 0.123 e. The summed E-state index contributed by atoms with van der Waals surface area (Å²) < 4.78 is 11.0. The largest absolute Gasteiger partial charge is 0.488 e. The van der Waals surface area contributed by atoms with Crippen LogP contribution in [0, 0.1) is 0 Å². The Labute approximate surface area is 107 Å². The van der Waals surface area contributed by atoms with Crippen LogP contribution in [0.5, 0.6) is 5.75 Å². The minimum absolute atomic E-state index is 0.263. The maximum atomic E-state index is 5.93. The lowest BCUT2D eigenvalue weighted by atomic mass is 10.1. The lowest BCUT2D eigenvalue weighted by Gasteiger charge is -2.20. The first-order chi connectivity index (χ1) is 8.81. The van der Waals surface area contributed by atoms with Crippen molar-refractivity contribution in [2.45, 2.75) is 19.1 Å². The van der Waals surface area contributed by atoms with Gasteiger partial charge in [-0.15, -0.1) is 0 Å². The van der Waals surface area contributed by atoms with Crippen LogP contribution >= 0.6 is 0 Å². The van der Waals surface area contributed by atoms with Gasteiger partial charge in [-0.2, -0.15) is 0 Å². The molecule has 1 aromatic heterocycles. The zero-order valence-corrected chi connectivity index (χ0v) is 10.5. The molecule has 0 saturated heterocycles. The van der Waals surface area contributed by atoms with Gasteiger partial charge in [-0.3, -0.25) is 4.90 Å². The summed E-state index contributed by atoms with van der Waals surface area (Å²) in [7, 11) is 2.11. The molecule has 18 heavy (non-hydrogen) atoms. The van der Waals surface area contributed by atoms with Gasteiger partial charge in [-0.1, -0.05) is 18.2 Å². The first-order valence-corrected chi connectivity index (χ1v) is 6.25. The summed E-state index contributed by atoms with van der Waals surface area (Å²) in [4.78, 5) is 2.27. The van der Waals surface area contributed by atoms with Crippen LogP contribution in [0.2, 0.25) is 0 Å². The van der Waals surface area contributed by atoms with Crippen LogP contribution in [0.1, 0.15) is 11.1 Å². The molecule has 0 unspecified atom stereocenters. The average molecular weight is 243 g/mol. The van der Waals surface area contributed by atoms with E-state index >= 15 is 0 Å². The van der Waals surface area contributed by atoms with E-state index in [0.29, 0.717) is 0 Å². The Kier molecular flexibility index (Phi) is 3.07. The molecule has 0 amide bonds. The highest BCUT2D eigenvalue weighted by molar-refractivity contribution is 5.37. The predicted molar refractivity (Wildman–Crippen MR) is 69.6 cm³/mol. The maximum Gasteiger partial charge on any atom is 0.123 e. The summed E-state index contributed by atoms with van der Waals surface area (Å²) in [6.07, 6.45) is 4.77. The van der Waals surface area contributed by atoms with Gasteiger partial charge < -0.3 is 9.15 Å². The Balaban J connectivity index is 1.56. The lowest BCUT2D eigenvalue weighted by molar-refractivity contribution is 0.165. The molecule has 1 aromatic carbocycles. The normalized spacial score (nSPS) is 17.8. The molecule has 1 aliphatic heterocycles. The third kappa shape index (κ3) is 2.41. The molecule has 0 bridgehead atoms. The van der Waals surface area contributed by atoms with Gasteiger partial charge in [-0.25, -0.2) is 0 Å². The van der Waals surface area contributed by atoms with Crippen LogP contribution < -0.4 is 4.74 Å². The van der Waals surface area contributed by atoms with Gasteiger partial charge in [0.05, 0.1) is 12.5 Å². The molecular formula is C15H17NO2. The van der Waals surface area contributed by atoms with Crippen molar-refractivity contribution in [3.05, 3.63) is 54.0 Å². The molecule has 0 N–H and O–H groups in total. The second kappa shape index (κ2) is 4.86. The van der Waals surface area contributed by atoms with E-state index in [1.807, 2.05) is 18.2 Å². The summed E-state index contributed by atoms with van der Waals surface area (Å²) in [5.74, 6) is 1.04. The zero-order valence-electron chi connectivity index (χ0n) is 10.5. The second-order valence-electron chi connectivity index (χ2n) is 4.88. The van der Waals surface area contributed by atoms with Crippen molar-refractivity contribution < 1.29 is 9.15 Å². The van der Waals surface area contributed by atoms with Gasteiger partial charge in [0.25, 0.3) is 0 Å². The topological polar surface area (TPSA) is 25.6 Å². The van der Waals surface area contributed by atoms with E-state index in [1.54, 1.807) is 12.5 Å². The van der Waals surface area contributed by atoms with Crippen LogP contribution in [-0.2, 0) is 13.0 Å². The maximum absolute atomic E-state index is 5.93. The van der Waals surface area contributed by atoms with Gasteiger partial charge in [0, 0.05) is 25.1 Å². The highest BCUT2D eigenvalue weighted by atomic mass is 16.5. The van der Waals surface area contributed by atoms with Gasteiger partial charge in [0.15, 0.2) is 0 Å². The summed E-state index contributed by atoms with van der Waals surface area (Å²) in [6.45, 7) is 1.83. The van der Waals surface area contributed by atoms with Gasteiger partial charge in [0.2, 0.25) is 0 Å². The molecule has 1 aliphatic rings. The summed E-state index contributed by atoms with van der Waals surface area (Å²) >= 11 is 0. The number of rotatable bonds is 4. The number of hydrogen-bond donors (Lipinski definition) is 0. The average Bonchev–Trinajstić information content (AvgIpc) is 2.96. The molecule has 0 saturated carbocycles. The number of fused-ring (bicyclic) bond motifs is 1. The number of likely N-dealkylation sites (N-methyl/N-ethyl adjacent to an activating group) is 1. The van der Waals surface area contributed by atoms with Crippen molar-refractivity contribution >= 4 is 0 Å². The van der Waals surface area contributed by atoms with Crippen LogP contribution in [0.15, 0.2) is 47.3 Å². The molecule has 0 spiro atoms. The Hall–Kier alpha value is -1.74. The third-order valence-corrected chi connectivity index (χ3v) is 3.26. The molecule has 3 nitrogen and oxygen atoms in total. The van der Waals surface area contributed by atoms with E-state index in [9.17, 15) is 0 Å². The standard InChI is InChI=1S/C15H17NO2/c1-16(9-12-6-7-17-11-12)10-14-8-13-4-2-3-5-15(13)18-14/h2-7,11,14H,8-10H2,1H3/t14-/m1/s1. The Morgan fingerprint density at radius 3 is 2.94 bits per heavy atom. The monoisotopic (exact) mass is 243 g/mol. The highest BCUT2D eigenvalue weighted by Gasteiger charge is 2.23. The van der Waals surface area contributed by atoms with E-state index in [2.05, 4.69) is 24.1 Å². The second-order valence-corrected chi connectivity index (χ2v) is 4.88. The first-order valence-electron chi connectivity index (χ1n) is 6.25. The zero-order chi connectivity index (χ0) is 12.4. The van der Waals surface area contributed by atoms with E-state index < -0.39 is 0 Å². The fourth-order valence-electron chi connectivity index (χ4n) is 2.46. The fourth-order valence-corrected chi connectivity index (χ4v) is 2.46. The number of furan rings is 1. The third-order valence-electron chi connectivity index (χ3n) is 3.26. The predicted octanol–water partition coefficient (Wildman–Crippen LogP) is 2.72. The van der Waals surface area contributed by atoms with E-state index in [4.69, 9.17) is 9.15 Å². The summed E-state index contributed by atoms with van der Waals surface area (Å²) in [5, 5.41) is 0. The lowest BCUT2D eigenvalue weighted by Crippen LogP contribution is -2.31. The van der Waals surface area contributed by atoms with Gasteiger partial charge in [0.1, 0.15) is 11.9 Å².